The lowest BCUT2D eigenvalue weighted by atomic mass is 10.2. The van der Waals surface area contributed by atoms with Crippen LogP contribution in [0.3, 0.4) is 0 Å². The molecular formula is C22H14Cl3F2N3O5. The Hall–Kier alpha value is -3.47. The van der Waals surface area contributed by atoms with E-state index in [9.17, 15) is 23.7 Å². The number of rotatable bonds is 6. The molecule has 0 radical (unpaired) electrons. The number of nitro benzene ring substituents is 1. The number of nitro groups is 1. The van der Waals surface area contributed by atoms with Crippen molar-refractivity contribution in [2.75, 3.05) is 11.9 Å². The highest BCUT2D eigenvalue weighted by atomic mass is 35.5. The van der Waals surface area contributed by atoms with Gasteiger partial charge in [-0.1, -0.05) is 40.9 Å². The summed E-state index contributed by atoms with van der Waals surface area (Å²) in [5.74, 6) is -2.34. The second-order valence-electron chi connectivity index (χ2n) is 6.62. The predicted molar refractivity (Wildman–Crippen MR) is 128 cm³/mol. The van der Waals surface area contributed by atoms with E-state index in [0.29, 0.717) is 0 Å². The molecule has 0 unspecified atom stereocenters. The number of hydrogen-bond donors (Lipinski definition) is 1. The number of nitrogens with zero attached hydrogens (tertiary/aromatic N) is 2. The molecule has 0 bridgehead atoms. The molecule has 0 heterocycles. The van der Waals surface area contributed by atoms with Gasteiger partial charge in [-0.05, 0) is 37.3 Å². The number of amides is 2. The molecule has 0 atom stereocenters. The first kappa shape index (κ1) is 26.1. The molecule has 13 heteroatoms. The van der Waals surface area contributed by atoms with Gasteiger partial charge in [-0.15, -0.1) is 0 Å². The summed E-state index contributed by atoms with van der Waals surface area (Å²) in [4.78, 5) is 26.3. The zero-order valence-electron chi connectivity index (χ0n) is 17.7. The summed E-state index contributed by atoms with van der Waals surface area (Å²) in [6.07, 6.45) is 0. The third-order valence-corrected chi connectivity index (χ3v) is 5.11. The summed E-state index contributed by atoms with van der Waals surface area (Å²) in [5.41, 5.74) is -0.810. The zero-order valence-corrected chi connectivity index (χ0v) is 19.9. The van der Waals surface area contributed by atoms with Crippen molar-refractivity contribution in [2.24, 2.45) is 4.99 Å². The molecule has 3 aromatic carbocycles. The van der Waals surface area contributed by atoms with E-state index in [2.05, 4.69) is 10.3 Å². The third kappa shape index (κ3) is 6.36. The first-order valence-electron chi connectivity index (χ1n) is 9.68. The summed E-state index contributed by atoms with van der Waals surface area (Å²) in [5, 5.41) is 13.0. The predicted octanol–water partition coefficient (Wildman–Crippen LogP) is 7.64. The van der Waals surface area contributed by atoms with Crippen LogP contribution in [0.5, 0.6) is 11.5 Å². The summed E-state index contributed by atoms with van der Waals surface area (Å²) in [6, 6.07) is 8.39. The normalized spacial score (nSPS) is 11.2. The van der Waals surface area contributed by atoms with Crippen LogP contribution in [0.25, 0.3) is 0 Å². The van der Waals surface area contributed by atoms with Gasteiger partial charge in [0, 0.05) is 17.8 Å². The first-order valence-corrected chi connectivity index (χ1v) is 10.8. The van der Waals surface area contributed by atoms with Gasteiger partial charge in [-0.3, -0.25) is 10.1 Å². The highest BCUT2D eigenvalue weighted by Crippen LogP contribution is 2.40. The summed E-state index contributed by atoms with van der Waals surface area (Å²) < 4.78 is 38.9. The van der Waals surface area contributed by atoms with E-state index in [4.69, 9.17) is 44.3 Å². The fraction of sp³-hybridized carbons (Fsp3) is 0.0909. The van der Waals surface area contributed by atoms with E-state index in [1.807, 2.05) is 0 Å². The van der Waals surface area contributed by atoms with Gasteiger partial charge in [0.1, 0.15) is 28.0 Å². The maximum Gasteiger partial charge on any atom is 0.348 e. The maximum absolute atomic E-state index is 14.1. The average Bonchev–Trinajstić information content (AvgIpc) is 2.76. The summed E-state index contributed by atoms with van der Waals surface area (Å²) >= 11 is 18.3. The van der Waals surface area contributed by atoms with Gasteiger partial charge >= 0.3 is 6.03 Å². The molecule has 0 aliphatic rings. The lowest BCUT2D eigenvalue weighted by Crippen LogP contribution is -2.16. The van der Waals surface area contributed by atoms with Crippen molar-refractivity contribution in [1.29, 1.82) is 0 Å². The molecule has 35 heavy (non-hydrogen) atoms. The van der Waals surface area contributed by atoms with Gasteiger partial charge in [0.25, 0.3) is 5.69 Å². The molecule has 2 amide bonds. The van der Waals surface area contributed by atoms with Crippen LogP contribution in [-0.2, 0) is 4.74 Å². The van der Waals surface area contributed by atoms with Crippen LogP contribution in [0.15, 0.2) is 53.5 Å². The maximum atomic E-state index is 14.1. The van der Waals surface area contributed by atoms with E-state index in [0.717, 1.165) is 24.3 Å². The molecule has 0 fully saturated rings. The van der Waals surface area contributed by atoms with Gasteiger partial charge in [0.2, 0.25) is 5.90 Å². The first-order chi connectivity index (χ1) is 16.6. The van der Waals surface area contributed by atoms with Crippen LogP contribution in [0.2, 0.25) is 15.1 Å². The van der Waals surface area contributed by atoms with Crippen LogP contribution in [0.4, 0.5) is 25.0 Å². The minimum atomic E-state index is -1.01. The molecule has 0 saturated carbocycles. The van der Waals surface area contributed by atoms with Gasteiger partial charge in [0.05, 0.1) is 21.6 Å². The quantitative estimate of drug-likeness (QED) is 0.149. The Bertz CT molecular complexity index is 1290. The zero-order chi connectivity index (χ0) is 25.7. The van der Waals surface area contributed by atoms with Gasteiger partial charge in [-0.25, -0.2) is 13.6 Å². The number of ether oxygens (including phenoxy) is 2. The standard InChI is InChI=1S/C22H14Cl3F2N3O5/c1-2-34-21(19-16(26)4-3-5-17(19)27)29-22(31)28-11-8-14(24)20(15(25)9-11)35-12-6-7-18(30(32)33)13(23)10-12/h3-10H,2H2,1H3,(H,28,31)/b29-21-. The van der Waals surface area contributed by atoms with Crippen LogP contribution in [0, 0.1) is 21.7 Å². The number of urea groups is 1. The Kier molecular flexibility index (Phi) is 8.44. The van der Waals surface area contributed by atoms with Crippen molar-refractivity contribution < 1.29 is 28.0 Å². The Morgan fingerprint density at radius 2 is 1.69 bits per heavy atom. The Morgan fingerprint density at radius 3 is 2.23 bits per heavy atom. The lowest BCUT2D eigenvalue weighted by molar-refractivity contribution is -0.384. The third-order valence-electron chi connectivity index (χ3n) is 4.25. The molecule has 0 spiro atoms. The van der Waals surface area contributed by atoms with Crippen LogP contribution in [0.1, 0.15) is 12.5 Å². The number of hydrogen-bond acceptors (Lipinski definition) is 5. The largest absolute Gasteiger partial charge is 0.477 e. The lowest BCUT2D eigenvalue weighted by Gasteiger charge is -2.12. The van der Waals surface area contributed by atoms with Crippen LogP contribution < -0.4 is 10.1 Å². The average molecular weight is 545 g/mol. The monoisotopic (exact) mass is 543 g/mol. The van der Waals surface area contributed by atoms with Crippen molar-refractivity contribution in [2.45, 2.75) is 6.92 Å². The molecule has 0 aliphatic heterocycles. The number of aliphatic imine (C=N–C) groups is 1. The minimum absolute atomic E-state index is 0.00373. The van der Waals surface area contributed by atoms with E-state index in [-0.39, 0.29) is 44.5 Å². The smallest absolute Gasteiger partial charge is 0.348 e. The summed E-state index contributed by atoms with van der Waals surface area (Å²) in [7, 11) is 0. The Balaban J connectivity index is 1.83. The molecule has 0 aromatic heterocycles. The van der Waals surface area contributed by atoms with Gasteiger partial charge in [-0.2, -0.15) is 4.99 Å². The topological polar surface area (TPSA) is 103 Å². The fourth-order valence-electron chi connectivity index (χ4n) is 2.79. The van der Waals surface area contributed by atoms with Crippen LogP contribution >= 0.6 is 34.8 Å². The minimum Gasteiger partial charge on any atom is -0.477 e. The van der Waals surface area contributed by atoms with E-state index < -0.39 is 34.1 Å². The molecule has 8 nitrogen and oxygen atoms in total. The number of carbonyl (C=O) groups is 1. The Morgan fingerprint density at radius 1 is 1.06 bits per heavy atom. The van der Waals surface area contributed by atoms with E-state index >= 15 is 0 Å². The number of benzene rings is 3. The van der Waals surface area contributed by atoms with Crippen molar-refractivity contribution >= 4 is 58.1 Å². The second-order valence-corrected chi connectivity index (χ2v) is 7.84. The summed E-state index contributed by atoms with van der Waals surface area (Å²) in [6.45, 7) is 1.55. The molecule has 3 rings (SSSR count). The number of anilines is 1. The number of halogens is 5. The number of carbonyl (C=O) groups excluding carboxylic acids is 1. The molecule has 0 aliphatic carbocycles. The number of nitrogens with one attached hydrogen (secondary N) is 1. The van der Waals surface area contributed by atoms with Crippen molar-refractivity contribution in [3.05, 3.63) is 90.9 Å². The van der Waals surface area contributed by atoms with Crippen molar-refractivity contribution in [3.63, 3.8) is 0 Å². The fourth-order valence-corrected chi connectivity index (χ4v) is 3.59. The van der Waals surface area contributed by atoms with Crippen molar-refractivity contribution in [1.82, 2.24) is 0 Å². The van der Waals surface area contributed by atoms with Gasteiger partial charge < -0.3 is 14.8 Å². The van der Waals surface area contributed by atoms with Crippen LogP contribution in [-0.4, -0.2) is 23.5 Å². The van der Waals surface area contributed by atoms with Crippen molar-refractivity contribution in [3.8, 4) is 11.5 Å². The molecule has 3 aromatic rings. The molecule has 182 valence electrons. The highest BCUT2D eigenvalue weighted by molar-refractivity contribution is 6.37. The molecular weight excluding hydrogens is 531 g/mol. The SMILES string of the molecule is CCO/C(=N\C(=O)Nc1cc(Cl)c(Oc2ccc([N+](=O)[O-])c(Cl)c2)c(Cl)c1)c1c(F)cccc1F. The second kappa shape index (κ2) is 11.3. The Labute approximate surface area is 212 Å². The molecule has 1 N–H and O–H groups in total. The van der Waals surface area contributed by atoms with Gasteiger partial charge in [0.15, 0.2) is 5.75 Å². The highest BCUT2D eigenvalue weighted by Gasteiger charge is 2.19. The van der Waals surface area contributed by atoms with E-state index in [1.165, 1.54) is 24.3 Å². The molecule has 0 saturated heterocycles. The van der Waals surface area contributed by atoms with E-state index in [1.54, 1.807) is 6.92 Å².